The monoisotopic (exact) mass is 114 g/mol. The zero-order valence-electron chi connectivity index (χ0n) is 4.50. The summed E-state index contributed by atoms with van der Waals surface area (Å²) in [5, 5.41) is 13.2. The Morgan fingerprint density at radius 3 is 3.00 bits per heavy atom. The highest BCUT2D eigenvalue weighted by Gasteiger charge is 1.83. The first kappa shape index (κ1) is 6.76. The molecule has 0 N–H and O–H groups in total. The standard InChI is InChI=1S/C4H6N2O2/c1-3-4-8-6(7)5-2/h1H,4H2,2H3. The average molecular weight is 114 g/mol. The normalized spacial score (nSPS) is 10.2. The van der Waals surface area contributed by atoms with E-state index in [0.29, 0.717) is 0 Å². The second-order valence-electron chi connectivity index (χ2n) is 0.915. The molecule has 0 aliphatic heterocycles. The van der Waals surface area contributed by atoms with Crippen LogP contribution in [-0.4, -0.2) is 18.7 Å². The third-order valence-corrected chi connectivity index (χ3v) is 0.422. The first-order valence-corrected chi connectivity index (χ1v) is 1.94. The molecule has 0 aliphatic rings. The molecule has 0 amide bonds. The van der Waals surface area contributed by atoms with Gasteiger partial charge in [0, 0.05) is 5.11 Å². The first-order valence-electron chi connectivity index (χ1n) is 1.94. The SMILES string of the molecule is C#CCO[N+]([O-])=NC. The molecule has 4 heteroatoms. The molecule has 0 saturated heterocycles. The van der Waals surface area contributed by atoms with E-state index in [1.165, 1.54) is 7.05 Å². The predicted molar refractivity (Wildman–Crippen MR) is 26.8 cm³/mol. The van der Waals surface area contributed by atoms with Crippen LogP contribution in [0.5, 0.6) is 0 Å². The quantitative estimate of drug-likeness (QED) is 0.291. The molecule has 0 atom stereocenters. The third kappa shape index (κ3) is 2.97. The van der Waals surface area contributed by atoms with Crippen LogP contribution in [0.15, 0.2) is 5.11 Å². The molecular weight excluding hydrogens is 108 g/mol. The van der Waals surface area contributed by atoms with Gasteiger partial charge in [-0.25, -0.2) is 5.21 Å². The van der Waals surface area contributed by atoms with Crippen molar-refractivity contribution in [3.63, 3.8) is 0 Å². The molecule has 0 fully saturated rings. The molecule has 0 saturated carbocycles. The summed E-state index contributed by atoms with van der Waals surface area (Å²) in [5.41, 5.74) is 0. The summed E-state index contributed by atoms with van der Waals surface area (Å²) in [4.78, 5) is 4.22. The molecule has 0 aliphatic carbocycles. The Hall–Kier alpha value is -1.24. The molecule has 0 aromatic heterocycles. The van der Waals surface area contributed by atoms with Crippen molar-refractivity contribution in [2.75, 3.05) is 13.7 Å². The minimum absolute atomic E-state index is 0.0408. The van der Waals surface area contributed by atoms with E-state index in [4.69, 9.17) is 6.42 Å². The number of nitrogens with zero attached hydrogens (tertiary/aromatic N) is 2. The highest BCUT2D eigenvalue weighted by Crippen LogP contribution is 1.73. The molecule has 44 valence electrons. The van der Waals surface area contributed by atoms with E-state index in [1.54, 1.807) is 0 Å². The fourth-order valence-electron chi connectivity index (χ4n) is 0.150. The van der Waals surface area contributed by atoms with E-state index in [2.05, 4.69) is 15.9 Å². The van der Waals surface area contributed by atoms with E-state index in [1.807, 2.05) is 0 Å². The van der Waals surface area contributed by atoms with Crippen LogP contribution >= 0.6 is 0 Å². The molecule has 0 spiro atoms. The molecule has 0 heterocycles. The van der Waals surface area contributed by atoms with Gasteiger partial charge in [-0.15, -0.1) is 6.42 Å². The summed E-state index contributed by atoms with van der Waals surface area (Å²) >= 11 is 0. The van der Waals surface area contributed by atoms with Crippen LogP contribution in [0.25, 0.3) is 0 Å². The van der Waals surface area contributed by atoms with E-state index in [-0.39, 0.29) is 11.6 Å². The summed E-state index contributed by atoms with van der Waals surface area (Å²) in [5.74, 6) is 2.11. The molecule has 0 aromatic rings. The van der Waals surface area contributed by atoms with E-state index >= 15 is 0 Å². The zero-order valence-corrected chi connectivity index (χ0v) is 4.50. The third-order valence-electron chi connectivity index (χ3n) is 0.422. The van der Waals surface area contributed by atoms with Gasteiger partial charge in [0.15, 0.2) is 5.02 Å². The lowest BCUT2D eigenvalue weighted by molar-refractivity contribution is -0.787. The van der Waals surface area contributed by atoms with Crippen LogP contribution in [-0.2, 0) is 4.84 Å². The molecule has 8 heavy (non-hydrogen) atoms. The van der Waals surface area contributed by atoms with Gasteiger partial charge in [0.1, 0.15) is 6.61 Å². The smallest absolute Gasteiger partial charge is 0.169 e. The molecule has 4 nitrogen and oxygen atoms in total. The van der Waals surface area contributed by atoms with Crippen molar-refractivity contribution in [1.82, 2.24) is 0 Å². The van der Waals surface area contributed by atoms with Crippen molar-refractivity contribution < 1.29 is 9.86 Å². The van der Waals surface area contributed by atoms with Gasteiger partial charge >= 0.3 is 0 Å². The van der Waals surface area contributed by atoms with Gasteiger partial charge in [-0.05, 0) is 0 Å². The Bertz CT molecular complexity index is 124. The Morgan fingerprint density at radius 1 is 2.00 bits per heavy atom. The van der Waals surface area contributed by atoms with Gasteiger partial charge in [0.2, 0.25) is 0 Å². The minimum Gasteiger partial charge on any atom is -0.368 e. The molecule has 0 bridgehead atoms. The molecule has 0 radical (unpaired) electrons. The maximum absolute atomic E-state index is 10.0. The van der Waals surface area contributed by atoms with Gasteiger partial charge in [0.05, 0.1) is 7.05 Å². The van der Waals surface area contributed by atoms with Gasteiger partial charge in [-0.3, -0.25) is 0 Å². The fourth-order valence-corrected chi connectivity index (χ4v) is 0.150. The van der Waals surface area contributed by atoms with E-state index in [0.717, 1.165) is 0 Å². The molecule has 0 rings (SSSR count). The fraction of sp³-hybridized carbons (Fsp3) is 0.500. The van der Waals surface area contributed by atoms with Crippen molar-refractivity contribution in [2.24, 2.45) is 5.11 Å². The molecular formula is C4H6N2O2. The lowest BCUT2D eigenvalue weighted by Gasteiger charge is -1.92. The van der Waals surface area contributed by atoms with Gasteiger partial charge in [-0.1, -0.05) is 5.92 Å². The lowest BCUT2D eigenvalue weighted by Crippen LogP contribution is -2.01. The largest absolute Gasteiger partial charge is 0.368 e. The number of hydrogen-bond donors (Lipinski definition) is 0. The zero-order chi connectivity index (χ0) is 6.41. The second kappa shape index (κ2) is 3.93. The van der Waals surface area contributed by atoms with E-state index < -0.39 is 0 Å². The predicted octanol–water partition coefficient (Wildman–Crippen LogP) is 0.143. The molecule has 0 unspecified atom stereocenters. The number of terminal acetylenes is 1. The average Bonchev–Trinajstić information content (AvgIpc) is 1.83. The summed E-state index contributed by atoms with van der Waals surface area (Å²) in [6, 6.07) is 0. The Labute approximate surface area is 47.3 Å². The van der Waals surface area contributed by atoms with Crippen LogP contribution < -0.4 is 0 Å². The summed E-state index contributed by atoms with van der Waals surface area (Å²) in [6.07, 6.45) is 4.75. The second-order valence-corrected chi connectivity index (χ2v) is 0.915. The van der Waals surface area contributed by atoms with Crippen LogP contribution in [0.4, 0.5) is 0 Å². The van der Waals surface area contributed by atoms with Crippen molar-refractivity contribution in [3.8, 4) is 12.3 Å². The highest BCUT2D eigenvalue weighted by atomic mass is 16.9. The van der Waals surface area contributed by atoms with Crippen LogP contribution in [0, 0.1) is 17.6 Å². The van der Waals surface area contributed by atoms with Crippen molar-refractivity contribution in [1.29, 1.82) is 0 Å². The van der Waals surface area contributed by atoms with Gasteiger partial charge < -0.3 is 4.84 Å². The van der Waals surface area contributed by atoms with Crippen LogP contribution in [0.1, 0.15) is 0 Å². The highest BCUT2D eigenvalue weighted by molar-refractivity contribution is 4.81. The summed E-state index contributed by atoms with van der Waals surface area (Å²) in [7, 11) is 1.31. The first-order chi connectivity index (χ1) is 3.81. The van der Waals surface area contributed by atoms with Crippen molar-refractivity contribution in [2.45, 2.75) is 0 Å². The van der Waals surface area contributed by atoms with E-state index in [9.17, 15) is 5.21 Å². The van der Waals surface area contributed by atoms with Crippen molar-refractivity contribution >= 4 is 0 Å². The minimum atomic E-state index is -0.0408. The Morgan fingerprint density at radius 2 is 2.62 bits per heavy atom. The molecule has 0 aromatic carbocycles. The number of rotatable bonds is 2. The Balaban J connectivity index is 3.29. The van der Waals surface area contributed by atoms with Crippen LogP contribution in [0.3, 0.4) is 0 Å². The Kier molecular flexibility index (Phi) is 3.32. The number of hydrogen-bond acceptors (Lipinski definition) is 3. The summed E-state index contributed by atoms with van der Waals surface area (Å²) < 4.78 is 0. The van der Waals surface area contributed by atoms with Gasteiger partial charge in [0.25, 0.3) is 0 Å². The van der Waals surface area contributed by atoms with Gasteiger partial charge in [-0.2, -0.15) is 0 Å². The summed E-state index contributed by atoms with van der Waals surface area (Å²) in [6.45, 7) is -0.0408. The van der Waals surface area contributed by atoms with Crippen LogP contribution in [0.2, 0.25) is 0 Å². The lowest BCUT2D eigenvalue weighted by atomic mass is 10.8. The maximum Gasteiger partial charge on any atom is 0.169 e. The van der Waals surface area contributed by atoms with Crippen molar-refractivity contribution in [3.05, 3.63) is 5.21 Å². The topological polar surface area (TPSA) is 47.7 Å². The maximum atomic E-state index is 10.0.